The highest BCUT2D eigenvalue weighted by atomic mass is 32.2. The van der Waals surface area contributed by atoms with Crippen molar-refractivity contribution in [3.8, 4) is 0 Å². The molecule has 3 rings (SSSR count). The number of nitrogens with zero attached hydrogens (tertiary/aromatic N) is 1. The van der Waals surface area contributed by atoms with Gasteiger partial charge in [0.1, 0.15) is 17.9 Å². The number of anilines is 2. The van der Waals surface area contributed by atoms with Crippen LogP contribution in [-0.2, 0) is 22.9 Å². The average Bonchev–Trinajstić information content (AvgIpc) is 2.69. The molecule has 2 N–H and O–H groups in total. The third kappa shape index (κ3) is 5.66. The SMILES string of the molecule is CSc1ccc(Nc2c3c(cc(=O)n2C)CC(OCCOC(C)(C)C)NC3=O)c(F)c1. The zero-order valence-corrected chi connectivity index (χ0v) is 19.2. The summed E-state index contributed by atoms with van der Waals surface area (Å²) in [6, 6.07) is 6.19. The van der Waals surface area contributed by atoms with Crippen LogP contribution in [0.1, 0.15) is 36.7 Å². The molecule has 1 aromatic carbocycles. The second kappa shape index (κ2) is 9.42. The highest BCUT2D eigenvalue weighted by molar-refractivity contribution is 7.98. The largest absolute Gasteiger partial charge is 0.373 e. The second-order valence-electron chi connectivity index (χ2n) is 8.26. The molecule has 1 amide bonds. The molecular formula is C22H28FN3O4S. The molecule has 0 fully saturated rings. The van der Waals surface area contributed by atoms with Gasteiger partial charge in [0.2, 0.25) is 0 Å². The van der Waals surface area contributed by atoms with Gasteiger partial charge < -0.3 is 20.1 Å². The van der Waals surface area contributed by atoms with E-state index in [1.165, 1.54) is 28.5 Å². The van der Waals surface area contributed by atoms with Crippen molar-refractivity contribution >= 4 is 29.2 Å². The zero-order valence-electron chi connectivity index (χ0n) is 18.4. The van der Waals surface area contributed by atoms with Crippen LogP contribution < -0.4 is 16.2 Å². The average molecular weight is 450 g/mol. The molecule has 7 nitrogen and oxygen atoms in total. The van der Waals surface area contributed by atoms with Gasteiger partial charge in [0.15, 0.2) is 0 Å². The molecule has 1 aromatic heterocycles. The molecular weight excluding hydrogens is 421 g/mol. The van der Waals surface area contributed by atoms with E-state index in [1.807, 2.05) is 27.0 Å². The number of carbonyl (C=O) groups is 1. The van der Waals surface area contributed by atoms with Gasteiger partial charge in [-0.05, 0) is 50.8 Å². The van der Waals surface area contributed by atoms with Gasteiger partial charge in [-0.1, -0.05) is 0 Å². The van der Waals surface area contributed by atoms with E-state index in [-0.39, 0.29) is 28.6 Å². The van der Waals surface area contributed by atoms with E-state index < -0.39 is 12.0 Å². The molecule has 0 bridgehead atoms. The normalized spacial score (nSPS) is 16.1. The molecule has 168 valence electrons. The predicted octanol–water partition coefficient (Wildman–Crippen LogP) is 3.43. The van der Waals surface area contributed by atoms with Crippen LogP contribution in [0.3, 0.4) is 0 Å². The van der Waals surface area contributed by atoms with E-state index in [0.717, 1.165) is 4.90 Å². The van der Waals surface area contributed by atoms with Gasteiger partial charge in [0.25, 0.3) is 11.5 Å². The Labute approximate surface area is 185 Å². The van der Waals surface area contributed by atoms with E-state index in [0.29, 0.717) is 30.8 Å². The number of nitrogens with one attached hydrogen (secondary N) is 2. The summed E-state index contributed by atoms with van der Waals surface area (Å²) < 4.78 is 27.2. The van der Waals surface area contributed by atoms with Crippen molar-refractivity contribution in [2.24, 2.45) is 7.05 Å². The van der Waals surface area contributed by atoms with E-state index in [9.17, 15) is 14.0 Å². The first kappa shape index (κ1) is 23.3. The molecule has 1 unspecified atom stereocenters. The number of ether oxygens (including phenoxy) is 2. The third-order valence-corrected chi connectivity index (χ3v) is 5.54. The fraction of sp³-hybridized carbons (Fsp3) is 0.455. The van der Waals surface area contributed by atoms with E-state index in [1.54, 1.807) is 19.2 Å². The molecule has 0 saturated heterocycles. The molecule has 1 aliphatic heterocycles. The Hall–Kier alpha value is -2.36. The quantitative estimate of drug-likeness (QED) is 0.498. The summed E-state index contributed by atoms with van der Waals surface area (Å²) in [7, 11) is 1.54. The second-order valence-corrected chi connectivity index (χ2v) is 9.14. The first-order valence-corrected chi connectivity index (χ1v) is 11.2. The van der Waals surface area contributed by atoms with Crippen LogP contribution in [-0.4, -0.2) is 41.8 Å². The van der Waals surface area contributed by atoms with Crippen LogP contribution in [0.25, 0.3) is 0 Å². The number of hydrogen-bond acceptors (Lipinski definition) is 6. The highest BCUT2D eigenvalue weighted by Crippen LogP contribution is 2.29. The van der Waals surface area contributed by atoms with Gasteiger partial charge in [-0.25, -0.2) is 4.39 Å². The van der Waals surface area contributed by atoms with Crippen molar-refractivity contribution in [1.82, 2.24) is 9.88 Å². The fourth-order valence-electron chi connectivity index (χ4n) is 3.27. The number of pyridine rings is 1. The lowest BCUT2D eigenvalue weighted by Crippen LogP contribution is -2.45. The van der Waals surface area contributed by atoms with Crippen molar-refractivity contribution in [1.29, 1.82) is 0 Å². The topological polar surface area (TPSA) is 81.6 Å². The lowest BCUT2D eigenvalue weighted by molar-refractivity contribution is -0.0569. The zero-order chi connectivity index (χ0) is 22.8. The van der Waals surface area contributed by atoms with Crippen molar-refractivity contribution in [3.63, 3.8) is 0 Å². The highest BCUT2D eigenvalue weighted by Gasteiger charge is 2.30. The molecule has 1 aliphatic rings. The summed E-state index contributed by atoms with van der Waals surface area (Å²) in [5, 5.41) is 5.74. The molecule has 2 aromatic rings. The standard InChI is InChI=1S/C22H28FN3O4S/c1-22(2,3)30-9-8-29-17-10-13-11-18(27)26(4)20(19(13)21(28)25-17)24-16-7-6-14(31-5)12-15(16)23/h6-7,11-12,17,24H,8-10H2,1-5H3,(H,25,28). The van der Waals surface area contributed by atoms with Gasteiger partial charge in [-0.3, -0.25) is 14.2 Å². The lowest BCUT2D eigenvalue weighted by atomic mass is 10.00. The Morgan fingerprint density at radius 3 is 2.65 bits per heavy atom. The smallest absolute Gasteiger partial charge is 0.257 e. The van der Waals surface area contributed by atoms with Gasteiger partial charge in [0.05, 0.1) is 30.1 Å². The summed E-state index contributed by atoms with van der Waals surface area (Å²) in [5.74, 6) is -0.610. The van der Waals surface area contributed by atoms with Crippen molar-refractivity contribution in [2.45, 2.75) is 43.9 Å². The molecule has 0 aliphatic carbocycles. The Balaban J connectivity index is 1.83. The van der Waals surface area contributed by atoms with E-state index in [4.69, 9.17) is 9.47 Å². The maximum Gasteiger partial charge on any atom is 0.257 e. The minimum Gasteiger partial charge on any atom is -0.373 e. The first-order valence-electron chi connectivity index (χ1n) is 9.99. The Morgan fingerprint density at radius 2 is 2.00 bits per heavy atom. The van der Waals surface area contributed by atoms with Gasteiger partial charge in [0, 0.05) is 24.4 Å². The Bertz CT molecular complexity index is 1030. The molecule has 2 heterocycles. The Morgan fingerprint density at radius 1 is 1.26 bits per heavy atom. The van der Waals surface area contributed by atoms with Crippen LogP contribution in [0.5, 0.6) is 0 Å². The number of amides is 1. The number of carbonyl (C=O) groups excluding carboxylic acids is 1. The molecule has 9 heteroatoms. The minimum atomic E-state index is -0.568. The molecule has 0 spiro atoms. The maximum atomic E-state index is 14.5. The van der Waals surface area contributed by atoms with Crippen LogP contribution in [0.4, 0.5) is 15.9 Å². The molecule has 0 radical (unpaired) electrons. The minimum absolute atomic E-state index is 0.187. The van der Waals surface area contributed by atoms with Gasteiger partial charge in [-0.15, -0.1) is 11.8 Å². The summed E-state index contributed by atoms with van der Waals surface area (Å²) in [6.45, 7) is 6.55. The summed E-state index contributed by atoms with van der Waals surface area (Å²) in [5.41, 5.74) is 0.471. The lowest BCUT2D eigenvalue weighted by Gasteiger charge is -2.28. The van der Waals surface area contributed by atoms with Crippen molar-refractivity contribution < 1.29 is 18.7 Å². The van der Waals surface area contributed by atoms with Crippen LogP contribution in [0, 0.1) is 5.82 Å². The van der Waals surface area contributed by atoms with Gasteiger partial charge >= 0.3 is 0 Å². The maximum absolute atomic E-state index is 14.5. The number of benzene rings is 1. The molecule has 31 heavy (non-hydrogen) atoms. The number of hydrogen-bond donors (Lipinski definition) is 2. The van der Waals surface area contributed by atoms with E-state index in [2.05, 4.69) is 10.6 Å². The van der Waals surface area contributed by atoms with Crippen molar-refractivity contribution in [2.75, 3.05) is 24.8 Å². The molecule has 0 saturated carbocycles. The summed E-state index contributed by atoms with van der Waals surface area (Å²) >= 11 is 1.43. The first-order chi connectivity index (χ1) is 14.6. The Kier molecular flexibility index (Phi) is 7.08. The molecule has 1 atom stereocenters. The summed E-state index contributed by atoms with van der Waals surface area (Å²) in [4.78, 5) is 26.2. The van der Waals surface area contributed by atoms with E-state index >= 15 is 0 Å². The van der Waals surface area contributed by atoms with Crippen molar-refractivity contribution in [3.05, 3.63) is 51.6 Å². The third-order valence-electron chi connectivity index (χ3n) is 4.81. The predicted molar refractivity (Wildman–Crippen MR) is 120 cm³/mol. The number of fused-ring (bicyclic) bond motifs is 1. The number of aromatic nitrogens is 1. The number of thioether (sulfide) groups is 1. The van der Waals surface area contributed by atoms with Crippen LogP contribution >= 0.6 is 11.8 Å². The fourth-order valence-corrected chi connectivity index (χ4v) is 3.69. The number of rotatable bonds is 7. The van der Waals surface area contributed by atoms with Crippen LogP contribution in [0.15, 0.2) is 34.0 Å². The van der Waals surface area contributed by atoms with Crippen LogP contribution in [0.2, 0.25) is 0 Å². The monoisotopic (exact) mass is 449 g/mol. The van der Waals surface area contributed by atoms with Gasteiger partial charge in [-0.2, -0.15) is 0 Å². The summed E-state index contributed by atoms with van der Waals surface area (Å²) in [6.07, 6.45) is 1.62. The number of halogens is 1.